The van der Waals surface area contributed by atoms with Gasteiger partial charge in [-0.1, -0.05) is 380 Å². The Bertz CT molecular complexity index is 4220. The van der Waals surface area contributed by atoms with Gasteiger partial charge in [0, 0.05) is 77.8 Å². The van der Waals surface area contributed by atoms with Gasteiger partial charge in [-0.15, -0.1) is 0 Å². The maximum absolute atomic E-state index is 3.10. The lowest BCUT2D eigenvalue weighted by atomic mass is 9.99. The monoisotopic (exact) mass is 1510 g/mol. The van der Waals surface area contributed by atoms with Crippen molar-refractivity contribution >= 4 is 80.3 Å². The number of nitrogens with zero attached hydrogens (tertiary/aromatic N) is 3. The summed E-state index contributed by atoms with van der Waals surface area (Å²) in [5.74, 6) is 0. The molecule has 542 valence electrons. The van der Waals surface area contributed by atoms with E-state index >= 15 is 0 Å². The molecule has 0 aromatic heterocycles. The molecule has 9 atom stereocenters. The highest BCUT2D eigenvalue weighted by Crippen LogP contribution is 2.79. The number of hydrogen-bond acceptors (Lipinski definition) is 3. The average Bonchev–Trinajstić information content (AvgIpc) is 1.67. The van der Waals surface area contributed by atoms with Crippen LogP contribution in [0.2, 0.25) is 0 Å². The molecule has 0 amide bonds. The van der Waals surface area contributed by atoms with Crippen LogP contribution in [0.5, 0.6) is 0 Å². The van der Waals surface area contributed by atoms with E-state index in [9.17, 15) is 0 Å². The molecule has 3 unspecified atom stereocenters. The van der Waals surface area contributed by atoms with E-state index in [1.807, 2.05) is 0 Å². The summed E-state index contributed by atoms with van der Waals surface area (Å²) in [6.45, 7) is 10.4. The molecule has 9 heteroatoms. The van der Waals surface area contributed by atoms with Crippen LogP contribution in [0.3, 0.4) is 0 Å². The third kappa shape index (κ3) is 18.0. The Hall–Kier alpha value is -6.90. The maximum atomic E-state index is 3.10. The Morgan fingerprint density at radius 1 is 0.224 bits per heavy atom. The molecule has 3 aliphatic heterocycles. The van der Waals surface area contributed by atoms with Crippen molar-refractivity contribution in [3.63, 3.8) is 0 Å². The van der Waals surface area contributed by atoms with Crippen molar-refractivity contribution in [3.05, 3.63) is 395 Å². The second-order valence-corrected chi connectivity index (χ2v) is 44.2. The minimum absolute atomic E-state index is 0.441. The fourth-order valence-electron chi connectivity index (χ4n) is 17.1. The van der Waals surface area contributed by atoms with Gasteiger partial charge in [-0.2, -0.15) is 0 Å². The fourth-order valence-corrected chi connectivity index (χ4v) is 39.5. The van der Waals surface area contributed by atoms with Crippen molar-refractivity contribution in [2.45, 2.75) is 145 Å². The molecule has 3 saturated heterocycles. The summed E-state index contributed by atoms with van der Waals surface area (Å²) in [6.07, 6.45) is 16.2. The number of rotatable bonds is 31. The molecule has 0 radical (unpaired) electrons. The minimum Gasteiger partial charge on any atom is -0.251 e. The summed E-state index contributed by atoms with van der Waals surface area (Å²) in [6, 6.07) is 133. The highest BCUT2D eigenvalue weighted by Gasteiger charge is 2.47. The molecule has 12 aromatic rings. The summed E-state index contributed by atoms with van der Waals surface area (Å²) in [5, 5.41) is 8.75. The van der Waals surface area contributed by atoms with Gasteiger partial charge in [-0.3, -0.25) is 13.3 Å². The van der Waals surface area contributed by atoms with Gasteiger partial charge in [0.2, 0.25) is 0 Å². The van der Waals surface area contributed by atoms with E-state index in [4.69, 9.17) is 0 Å². The quantitative estimate of drug-likeness (QED) is 0.0401. The Labute approximate surface area is 648 Å². The van der Waals surface area contributed by atoms with Crippen LogP contribution in [0.25, 0.3) is 0 Å². The van der Waals surface area contributed by atoms with E-state index < -0.39 is 48.4 Å². The van der Waals surface area contributed by atoms with Crippen LogP contribution in [-0.4, -0.2) is 33.0 Å². The van der Waals surface area contributed by atoms with E-state index in [1.54, 1.807) is 0 Å². The SMILES string of the molecule is CCCCN(P(c1ccccc1)c1ccc(Cc2ccc([C@@H]3CC[C@@H](c4ccc(Cc5ccc(P(c6ccccc6)N(CCCC)P6[C@H](c7ccccc7)CC[C@H]6c6ccccc6)cc5)cc4)P3N(CCCC)P(c3ccccc3)c3ccccc3)cc2)cc1)P1[C@@H](c2ccccc2)CC[C@@H]1c1ccccc1. The highest BCUT2D eigenvalue weighted by atomic mass is 31.2. The van der Waals surface area contributed by atoms with Crippen LogP contribution >= 0.6 is 48.4 Å². The van der Waals surface area contributed by atoms with Crippen molar-refractivity contribution in [1.82, 2.24) is 13.3 Å². The van der Waals surface area contributed by atoms with Gasteiger partial charge >= 0.3 is 0 Å². The van der Waals surface area contributed by atoms with Crippen LogP contribution in [-0.2, 0) is 12.8 Å². The standard InChI is InChI=1S/C98H105N3P6/c1-4-7-72-99(102(87-42-26-14-27-43-87)88-44-28-15-29-45-88)107-97(85-58-50-77(51-59-85)75-79-54-62-91(63-55-79)103(89-46-30-16-31-47-89)100(73-8-5-2)105-93(81-34-18-10-19-35-81)66-67-94(105)82-36-20-11-21-37-82)70-71-98(107)86-60-52-78(53-61-86)76-80-56-64-92(65-57-80)104(90-48-32-17-33-49-90)101(74-9-6-3)106-95(83-38-22-12-23-39-83)68-69-96(106)84-40-24-13-25-41-84/h10-65,93-98H,4-9,66-76H2,1-3H3/t93-,94-,95+,96+,97-,98-,103?,104?,107?/m0/s1. The van der Waals surface area contributed by atoms with Crippen molar-refractivity contribution in [3.8, 4) is 0 Å². The zero-order chi connectivity index (χ0) is 72.5. The smallest absolute Gasteiger partial charge is 0.0318 e. The first-order valence-electron chi connectivity index (χ1n) is 39.8. The van der Waals surface area contributed by atoms with Crippen LogP contribution in [0, 0.1) is 0 Å². The molecule has 3 fully saturated rings. The zero-order valence-electron chi connectivity index (χ0n) is 62.8. The van der Waals surface area contributed by atoms with Crippen molar-refractivity contribution in [2.75, 3.05) is 19.6 Å². The lowest BCUT2D eigenvalue weighted by molar-refractivity contribution is 0.632. The molecule has 12 aromatic carbocycles. The van der Waals surface area contributed by atoms with Gasteiger partial charge in [-0.25, -0.2) is 0 Å². The fraction of sp³-hybridized carbons (Fsp3) is 0.265. The molecular formula is C98H105N3P6. The Kier molecular flexibility index (Phi) is 26.6. The Balaban J connectivity index is 0.711. The first-order chi connectivity index (χ1) is 53.0. The largest absolute Gasteiger partial charge is 0.251 e. The first-order valence-corrected chi connectivity index (χ1v) is 48.0. The number of unbranched alkanes of at least 4 members (excludes halogenated alkanes) is 3. The summed E-state index contributed by atoms with van der Waals surface area (Å²) in [5.41, 5.74) is 17.6. The van der Waals surface area contributed by atoms with Gasteiger partial charge in [0.1, 0.15) is 0 Å². The topological polar surface area (TPSA) is 9.72 Å². The van der Waals surface area contributed by atoms with Gasteiger partial charge in [0.15, 0.2) is 0 Å². The third-order valence-electron chi connectivity index (χ3n) is 22.3. The highest BCUT2D eigenvalue weighted by molar-refractivity contribution is 7.81. The van der Waals surface area contributed by atoms with Crippen molar-refractivity contribution in [2.24, 2.45) is 0 Å². The second kappa shape index (κ2) is 37.7. The van der Waals surface area contributed by atoms with E-state index in [-0.39, 0.29) is 0 Å². The predicted octanol–water partition coefficient (Wildman–Crippen LogP) is 26.2. The van der Waals surface area contributed by atoms with Gasteiger partial charge in [0.25, 0.3) is 0 Å². The lowest BCUT2D eigenvalue weighted by Gasteiger charge is -2.42. The van der Waals surface area contributed by atoms with Crippen LogP contribution in [0.15, 0.2) is 340 Å². The molecule has 107 heavy (non-hydrogen) atoms. The van der Waals surface area contributed by atoms with E-state index in [0.717, 1.165) is 32.5 Å². The third-order valence-corrected chi connectivity index (χ3v) is 41.9. The average molecular weight is 1510 g/mol. The normalized spacial score (nSPS) is 19.6. The van der Waals surface area contributed by atoms with Gasteiger partial charge in [-0.05, 0) is 182 Å². The Morgan fingerprint density at radius 3 is 0.607 bits per heavy atom. The summed E-state index contributed by atoms with van der Waals surface area (Å²) in [7, 11) is -4.24. The number of benzene rings is 12. The predicted molar refractivity (Wildman–Crippen MR) is 471 cm³/mol. The van der Waals surface area contributed by atoms with Gasteiger partial charge in [0.05, 0.1) is 0 Å². The van der Waals surface area contributed by atoms with Crippen molar-refractivity contribution in [1.29, 1.82) is 0 Å². The van der Waals surface area contributed by atoms with E-state index in [1.165, 1.54) is 165 Å². The van der Waals surface area contributed by atoms with E-state index in [0.29, 0.717) is 34.0 Å². The molecule has 0 aliphatic carbocycles. The molecule has 0 spiro atoms. The minimum atomic E-state index is -0.808. The summed E-state index contributed by atoms with van der Waals surface area (Å²) >= 11 is 0. The molecule has 0 N–H and O–H groups in total. The maximum Gasteiger partial charge on any atom is 0.0318 e. The lowest BCUT2D eigenvalue weighted by Crippen LogP contribution is -2.28. The molecule has 0 bridgehead atoms. The molecule has 15 rings (SSSR count). The second-order valence-electron chi connectivity index (χ2n) is 29.4. The zero-order valence-corrected chi connectivity index (χ0v) is 68.2. The van der Waals surface area contributed by atoms with Crippen LogP contribution in [0.4, 0.5) is 0 Å². The van der Waals surface area contributed by atoms with Gasteiger partial charge < -0.3 is 0 Å². The summed E-state index contributed by atoms with van der Waals surface area (Å²) in [4.78, 5) is 0. The molecule has 3 heterocycles. The molecule has 3 nitrogen and oxygen atoms in total. The molecule has 3 aliphatic rings. The molecular weight excluding hydrogens is 1400 g/mol. The van der Waals surface area contributed by atoms with Crippen LogP contribution in [0.1, 0.15) is 187 Å². The summed E-state index contributed by atoms with van der Waals surface area (Å²) < 4.78 is 9.25. The van der Waals surface area contributed by atoms with Crippen molar-refractivity contribution < 1.29 is 0 Å². The van der Waals surface area contributed by atoms with E-state index in [2.05, 4.69) is 374 Å². The molecule has 0 saturated carbocycles. The first kappa shape index (κ1) is 75.5. The number of hydrogen-bond donors (Lipinski definition) is 0. The van der Waals surface area contributed by atoms with Crippen LogP contribution < -0.4 is 31.8 Å². The Morgan fingerprint density at radius 2 is 0.402 bits per heavy atom.